The minimum absolute atomic E-state index is 0.194. The summed E-state index contributed by atoms with van der Waals surface area (Å²) in [5.41, 5.74) is 6.71. The predicted octanol–water partition coefficient (Wildman–Crippen LogP) is 2.21. The molecule has 0 spiro atoms. The van der Waals surface area contributed by atoms with Gasteiger partial charge in [0.2, 0.25) is 5.89 Å². The van der Waals surface area contributed by atoms with E-state index >= 15 is 0 Å². The van der Waals surface area contributed by atoms with E-state index in [-0.39, 0.29) is 11.9 Å². The molecule has 2 rings (SSSR count). The largest absolute Gasteiger partial charge is 0.339 e. The van der Waals surface area contributed by atoms with E-state index in [1.165, 1.54) is 12.1 Å². The summed E-state index contributed by atoms with van der Waals surface area (Å²) in [6.45, 7) is 1.96. The van der Waals surface area contributed by atoms with Gasteiger partial charge in [-0.1, -0.05) is 24.2 Å². The lowest BCUT2D eigenvalue weighted by Gasteiger charge is -1.99. The molecule has 0 saturated heterocycles. The average molecular weight is 235 g/mol. The Hall–Kier alpha value is -1.75. The third-order valence-electron chi connectivity index (χ3n) is 2.52. The fourth-order valence-corrected chi connectivity index (χ4v) is 1.45. The van der Waals surface area contributed by atoms with Crippen molar-refractivity contribution in [3.05, 3.63) is 47.4 Å². The third-order valence-corrected chi connectivity index (χ3v) is 2.52. The van der Waals surface area contributed by atoms with Gasteiger partial charge in [-0.05, 0) is 24.1 Å². The zero-order chi connectivity index (χ0) is 12.3. The Morgan fingerprint density at radius 1 is 1.35 bits per heavy atom. The first kappa shape index (κ1) is 11.7. The van der Waals surface area contributed by atoms with Gasteiger partial charge in [0.1, 0.15) is 5.82 Å². The molecule has 5 heteroatoms. The van der Waals surface area contributed by atoms with Gasteiger partial charge in [-0.3, -0.25) is 0 Å². The number of halogens is 1. The smallest absolute Gasteiger partial charge is 0.231 e. The van der Waals surface area contributed by atoms with Crippen LogP contribution in [0.3, 0.4) is 0 Å². The fourth-order valence-electron chi connectivity index (χ4n) is 1.45. The summed E-state index contributed by atoms with van der Waals surface area (Å²) in [7, 11) is 0. The van der Waals surface area contributed by atoms with E-state index in [4.69, 9.17) is 10.3 Å². The summed E-state index contributed by atoms with van der Waals surface area (Å²) < 4.78 is 17.8. The lowest BCUT2D eigenvalue weighted by Crippen LogP contribution is -2.10. The molecule has 1 aromatic heterocycles. The maximum absolute atomic E-state index is 12.7. The van der Waals surface area contributed by atoms with Gasteiger partial charge in [0.15, 0.2) is 5.82 Å². The summed E-state index contributed by atoms with van der Waals surface area (Å²) in [6.07, 6.45) is 1.25. The van der Waals surface area contributed by atoms with Gasteiger partial charge >= 0.3 is 0 Å². The van der Waals surface area contributed by atoms with E-state index in [1.54, 1.807) is 12.1 Å². The van der Waals surface area contributed by atoms with Crippen molar-refractivity contribution in [3.8, 4) is 0 Å². The molecule has 0 aliphatic heterocycles. The maximum Gasteiger partial charge on any atom is 0.231 e. The monoisotopic (exact) mass is 235 g/mol. The summed E-state index contributed by atoms with van der Waals surface area (Å²) >= 11 is 0. The highest BCUT2D eigenvalue weighted by molar-refractivity contribution is 5.19. The molecule has 17 heavy (non-hydrogen) atoms. The highest BCUT2D eigenvalue weighted by Crippen LogP contribution is 2.13. The molecule has 1 aromatic carbocycles. The van der Waals surface area contributed by atoms with Gasteiger partial charge in [0.25, 0.3) is 0 Å². The fraction of sp³-hybridized carbons (Fsp3) is 0.333. The Morgan fingerprint density at radius 3 is 2.71 bits per heavy atom. The number of aromatic nitrogens is 2. The highest BCUT2D eigenvalue weighted by atomic mass is 19.1. The van der Waals surface area contributed by atoms with Crippen molar-refractivity contribution in [3.63, 3.8) is 0 Å². The van der Waals surface area contributed by atoms with Crippen LogP contribution in [0.25, 0.3) is 0 Å². The molecule has 1 atom stereocenters. The van der Waals surface area contributed by atoms with E-state index in [0.29, 0.717) is 18.1 Å². The van der Waals surface area contributed by atoms with Crippen molar-refractivity contribution in [2.24, 2.45) is 5.73 Å². The summed E-state index contributed by atoms with van der Waals surface area (Å²) in [5, 5.41) is 3.82. The Labute approximate surface area is 98.6 Å². The molecule has 0 aliphatic carbocycles. The predicted molar refractivity (Wildman–Crippen MR) is 60.7 cm³/mol. The number of benzene rings is 1. The summed E-state index contributed by atoms with van der Waals surface area (Å²) in [6, 6.07) is 6.01. The van der Waals surface area contributed by atoms with E-state index in [1.807, 2.05) is 6.92 Å². The first-order valence-electron chi connectivity index (χ1n) is 5.51. The van der Waals surface area contributed by atoms with Crippen LogP contribution in [-0.2, 0) is 6.42 Å². The lowest BCUT2D eigenvalue weighted by atomic mass is 10.1. The molecule has 2 N–H and O–H groups in total. The number of rotatable bonds is 4. The van der Waals surface area contributed by atoms with Crippen LogP contribution in [0.15, 0.2) is 28.8 Å². The van der Waals surface area contributed by atoms with Crippen LogP contribution in [0.5, 0.6) is 0 Å². The van der Waals surface area contributed by atoms with Crippen molar-refractivity contribution in [2.45, 2.75) is 25.8 Å². The molecule has 0 aliphatic rings. The molecule has 1 heterocycles. The van der Waals surface area contributed by atoms with Crippen molar-refractivity contribution in [1.29, 1.82) is 0 Å². The third kappa shape index (κ3) is 2.88. The Balaban J connectivity index is 2.08. The zero-order valence-electron chi connectivity index (χ0n) is 9.56. The zero-order valence-corrected chi connectivity index (χ0v) is 9.56. The van der Waals surface area contributed by atoms with Crippen molar-refractivity contribution < 1.29 is 8.91 Å². The van der Waals surface area contributed by atoms with Crippen molar-refractivity contribution in [2.75, 3.05) is 0 Å². The van der Waals surface area contributed by atoms with E-state index in [0.717, 1.165) is 12.0 Å². The normalized spacial score (nSPS) is 12.6. The van der Waals surface area contributed by atoms with E-state index in [9.17, 15) is 4.39 Å². The number of nitrogens with zero attached hydrogens (tertiary/aromatic N) is 2. The number of hydrogen-bond acceptors (Lipinski definition) is 4. The van der Waals surface area contributed by atoms with Crippen LogP contribution >= 0.6 is 0 Å². The van der Waals surface area contributed by atoms with E-state index in [2.05, 4.69) is 10.1 Å². The molecule has 0 amide bonds. The molecule has 90 valence electrons. The molecule has 0 bridgehead atoms. The average Bonchev–Trinajstić information content (AvgIpc) is 2.80. The molecule has 1 unspecified atom stereocenters. The summed E-state index contributed by atoms with van der Waals surface area (Å²) in [4.78, 5) is 4.20. The van der Waals surface area contributed by atoms with Crippen molar-refractivity contribution >= 4 is 0 Å². The maximum atomic E-state index is 12.7. The molecular formula is C12H14FN3O. The van der Waals surface area contributed by atoms with Crippen molar-refractivity contribution in [1.82, 2.24) is 10.1 Å². The van der Waals surface area contributed by atoms with Crippen LogP contribution in [0.2, 0.25) is 0 Å². The van der Waals surface area contributed by atoms with Gasteiger partial charge in [-0.15, -0.1) is 0 Å². The van der Waals surface area contributed by atoms with Gasteiger partial charge in [0.05, 0.1) is 12.5 Å². The van der Waals surface area contributed by atoms with Gasteiger partial charge < -0.3 is 10.3 Å². The van der Waals surface area contributed by atoms with Crippen LogP contribution < -0.4 is 5.73 Å². The Morgan fingerprint density at radius 2 is 2.06 bits per heavy atom. The lowest BCUT2D eigenvalue weighted by molar-refractivity contribution is 0.375. The van der Waals surface area contributed by atoms with Crippen LogP contribution in [0.4, 0.5) is 4.39 Å². The minimum atomic E-state index is -0.257. The molecule has 0 saturated carbocycles. The molecule has 2 aromatic rings. The van der Waals surface area contributed by atoms with Crippen LogP contribution in [0.1, 0.15) is 36.7 Å². The quantitative estimate of drug-likeness (QED) is 0.882. The minimum Gasteiger partial charge on any atom is -0.339 e. The topological polar surface area (TPSA) is 64.9 Å². The first-order valence-corrected chi connectivity index (χ1v) is 5.51. The van der Waals surface area contributed by atoms with Crippen LogP contribution in [0, 0.1) is 5.82 Å². The second-order valence-corrected chi connectivity index (χ2v) is 3.86. The second kappa shape index (κ2) is 5.05. The second-order valence-electron chi connectivity index (χ2n) is 3.86. The Kier molecular flexibility index (Phi) is 3.49. The first-order chi connectivity index (χ1) is 8.19. The summed E-state index contributed by atoms with van der Waals surface area (Å²) in [5.74, 6) is 0.757. The molecular weight excluding hydrogens is 221 g/mol. The molecule has 0 radical (unpaired) electrons. The number of hydrogen-bond donors (Lipinski definition) is 1. The standard InChI is InChI=1S/C12H14FN3O/c1-2-10(14)12-15-11(17-16-12)7-8-3-5-9(13)6-4-8/h3-6,10H,2,7,14H2,1H3. The molecule has 4 nitrogen and oxygen atoms in total. The van der Waals surface area contributed by atoms with Gasteiger partial charge in [0, 0.05) is 0 Å². The van der Waals surface area contributed by atoms with Gasteiger partial charge in [-0.25, -0.2) is 4.39 Å². The number of nitrogens with two attached hydrogens (primary N) is 1. The molecule has 0 fully saturated rings. The Bertz CT molecular complexity index is 481. The highest BCUT2D eigenvalue weighted by Gasteiger charge is 2.12. The van der Waals surface area contributed by atoms with Gasteiger partial charge in [-0.2, -0.15) is 4.98 Å². The SMILES string of the molecule is CCC(N)c1noc(Cc2ccc(F)cc2)n1. The van der Waals surface area contributed by atoms with Crippen LogP contribution in [-0.4, -0.2) is 10.1 Å². The van der Waals surface area contributed by atoms with E-state index < -0.39 is 0 Å².